The molecular weight excluding hydrogens is 200 g/mol. The maximum Gasteiger partial charge on any atom is 0.0799 e. The van der Waals surface area contributed by atoms with Crippen LogP contribution in [0.25, 0.3) is 0 Å². The van der Waals surface area contributed by atoms with E-state index in [-0.39, 0.29) is 5.60 Å². The highest BCUT2D eigenvalue weighted by Crippen LogP contribution is 2.19. The fraction of sp³-hybridized carbons (Fsp3) is 0.615. The zero-order chi connectivity index (χ0) is 11.9. The van der Waals surface area contributed by atoms with Crippen molar-refractivity contribution in [3.63, 3.8) is 0 Å². The molecule has 0 fully saturated rings. The average Bonchev–Trinajstić information content (AvgIpc) is 2.37. The number of hydrogen-bond donors (Lipinski definition) is 1. The fourth-order valence-corrected chi connectivity index (χ4v) is 1.74. The van der Waals surface area contributed by atoms with Crippen molar-refractivity contribution in [2.45, 2.75) is 38.7 Å². The summed E-state index contributed by atoms with van der Waals surface area (Å²) in [5.41, 5.74) is 6.90. The van der Waals surface area contributed by atoms with Crippen molar-refractivity contribution in [2.24, 2.45) is 5.73 Å². The second kappa shape index (κ2) is 6.61. The van der Waals surface area contributed by atoms with Gasteiger partial charge >= 0.3 is 0 Å². The van der Waals surface area contributed by atoms with Crippen molar-refractivity contribution in [1.82, 2.24) is 4.98 Å². The molecule has 0 spiro atoms. The highest BCUT2D eigenvalue weighted by Gasteiger charge is 2.24. The molecule has 1 rings (SSSR count). The molecule has 2 N–H and O–H groups in total. The quantitative estimate of drug-likeness (QED) is 0.769. The lowest BCUT2D eigenvalue weighted by molar-refractivity contribution is -0.0428. The first kappa shape index (κ1) is 13.1. The van der Waals surface area contributed by atoms with Gasteiger partial charge in [-0.15, -0.1) is 0 Å². The first-order chi connectivity index (χ1) is 7.76. The van der Waals surface area contributed by atoms with Crippen molar-refractivity contribution < 1.29 is 4.74 Å². The summed E-state index contributed by atoms with van der Waals surface area (Å²) >= 11 is 0. The Morgan fingerprint density at radius 1 is 1.25 bits per heavy atom. The van der Waals surface area contributed by atoms with E-state index in [1.165, 1.54) is 5.56 Å². The molecule has 0 atom stereocenters. The van der Waals surface area contributed by atoms with Crippen LogP contribution < -0.4 is 5.73 Å². The molecule has 1 aromatic rings. The van der Waals surface area contributed by atoms with E-state index < -0.39 is 0 Å². The van der Waals surface area contributed by atoms with Gasteiger partial charge in [0, 0.05) is 18.9 Å². The molecule has 0 aliphatic heterocycles. The highest BCUT2D eigenvalue weighted by atomic mass is 16.5. The molecule has 0 saturated heterocycles. The lowest BCUT2D eigenvalue weighted by Gasteiger charge is -2.30. The Morgan fingerprint density at radius 3 is 2.38 bits per heavy atom. The largest absolute Gasteiger partial charge is 0.373 e. The first-order valence-electron chi connectivity index (χ1n) is 5.99. The van der Waals surface area contributed by atoms with Gasteiger partial charge in [0.1, 0.15) is 0 Å². The number of pyridine rings is 1. The fourth-order valence-electron chi connectivity index (χ4n) is 1.74. The van der Waals surface area contributed by atoms with E-state index in [9.17, 15) is 0 Å². The number of hydrogen-bond acceptors (Lipinski definition) is 3. The summed E-state index contributed by atoms with van der Waals surface area (Å²) in [4.78, 5) is 3.99. The van der Waals surface area contributed by atoms with Crippen LogP contribution in [0.3, 0.4) is 0 Å². The number of nitrogens with two attached hydrogens (primary N) is 1. The van der Waals surface area contributed by atoms with Crippen molar-refractivity contribution in [2.75, 3.05) is 13.2 Å². The van der Waals surface area contributed by atoms with Gasteiger partial charge in [-0.2, -0.15) is 0 Å². The molecule has 1 heterocycles. The molecular formula is C13H22N2O. The van der Waals surface area contributed by atoms with E-state index in [4.69, 9.17) is 10.5 Å². The molecule has 0 aliphatic carbocycles. The maximum atomic E-state index is 5.94. The average molecular weight is 222 g/mol. The molecule has 0 unspecified atom stereocenters. The van der Waals surface area contributed by atoms with Gasteiger partial charge < -0.3 is 10.5 Å². The standard InChI is InChI=1S/C13H22N2O/c1-3-13(4-2,11-14)16-10-7-12-5-8-15-9-6-12/h5-6,8-9H,3-4,7,10-11,14H2,1-2H3. The van der Waals surface area contributed by atoms with Crippen LogP contribution >= 0.6 is 0 Å². The van der Waals surface area contributed by atoms with Crippen LogP contribution in [0.15, 0.2) is 24.5 Å². The predicted molar refractivity (Wildman–Crippen MR) is 66.3 cm³/mol. The lowest BCUT2D eigenvalue weighted by atomic mass is 9.97. The van der Waals surface area contributed by atoms with E-state index in [0.717, 1.165) is 25.9 Å². The second-order valence-corrected chi connectivity index (χ2v) is 4.05. The highest BCUT2D eigenvalue weighted by molar-refractivity contribution is 5.09. The van der Waals surface area contributed by atoms with Crippen molar-refractivity contribution in [3.05, 3.63) is 30.1 Å². The van der Waals surface area contributed by atoms with E-state index in [2.05, 4.69) is 18.8 Å². The van der Waals surface area contributed by atoms with Crippen LogP contribution in [0.2, 0.25) is 0 Å². The summed E-state index contributed by atoms with van der Waals surface area (Å²) < 4.78 is 5.94. The molecule has 90 valence electrons. The van der Waals surface area contributed by atoms with E-state index >= 15 is 0 Å². The Labute approximate surface area is 98.0 Å². The Bertz CT molecular complexity index is 275. The molecule has 16 heavy (non-hydrogen) atoms. The summed E-state index contributed by atoms with van der Waals surface area (Å²) in [6.45, 7) is 5.57. The summed E-state index contributed by atoms with van der Waals surface area (Å²) in [5, 5.41) is 0. The van der Waals surface area contributed by atoms with Crippen molar-refractivity contribution in [1.29, 1.82) is 0 Å². The molecule has 0 aliphatic rings. The molecule has 3 heteroatoms. The summed E-state index contributed by atoms with van der Waals surface area (Å²) in [6.07, 6.45) is 6.48. The normalized spacial score (nSPS) is 11.7. The molecule has 0 saturated carbocycles. The SMILES string of the molecule is CCC(CC)(CN)OCCc1ccncc1. The monoisotopic (exact) mass is 222 g/mol. The maximum absolute atomic E-state index is 5.94. The number of aromatic nitrogens is 1. The van der Waals surface area contributed by atoms with Gasteiger partial charge in [-0.05, 0) is 37.0 Å². The number of rotatable bonds is 7. The van der Waals surface area contributed by atoms with Gasteiger partial charge in [0.2, 0.25) is 0 Å². The zero-order valence-electron chi connectivity index (χ0n) is 10.3. The van der Waals surface area contributed by atoms with Gasteiger partial charge in [0.25, 0.3) is 0 Å². The van der Waals surface area contributed by atoms with Gasteiger partial charge in [-0.1, -0.05) is 13.8 Å². The Hall–Kier alpha value is -0.930. The minimum absolute atomic E-state index is 0.132. The second-order valence-electron chi connectivity index (χ2n) is 4.05. The molecule has 0 amide bonds. The number of nitrogens with zero attached hydrogens (tertiary/aromatic N) is 1. The van der Waals surface area contributed by atoms with Crippen LogP contribution in [0.4, 0.5) is 0 Å². The van der Waals surface area contributed by atoms with Crippen LogP contribution in [-0.4, -0.2) is 23.7 Å². The molecule has 0 radical (unpaired) electrons. The van der Waals surface area contributed by atoms with Gasteiger partial charge in [0.05, 0.1) is 12.2 Å². The van der Waals surface area contributed by atoms with Crippen LogP contribution in [0.1, 0.15) is 32.3 Å². The molecule has 0 bridgehead atoms. The van der Waals surface area contributed by atoms with Crippen LogP contribution in [0, 0.1) is 0 Å². The summed E-state index contributed by atoms with van der Waals surface area (Å²) in [6, 6.07) is 4.04. The third-order valence-electron chi connectivity index (χ3n) is 3.21. The lowest BCUT2D eigenvalue weighted by Crippen LogP contribution is -2.40. The van der Waals surface area contributed by atoms with Gasteiger partial charge in [-0.3, -0.25) is 4.98 Å². The van der Waals surface area contributed by atoms with E-state index in [1.54, 1.807) is 0 Å². The van der Waals surface area contributed by atoms with Gasteiger partial charge in [-0.25, -0.2) is 0 Å². The Kier molecular flexibility index (Phi) is 5.43. The number of ether oxygens (including phenoxy) is 1. The molecule has 3 nitrogen and oxygen atoms in total. The van der Waals surface area contributed by atoms with Crippen molar-refractivity contribution >= 4 is 0 Å². The molecule has 0 aromatic carbocycles. The zero-order valence-corrected chi connectivity index (χ0v) is 10.3. The summed E-state index contributed by atoms with van der Waals surface area (Å²) in [7, 11) is 0. The van der Waals surface area contributed by atoms with Gasteiger partial charge in [0.15, 0.2) is 0 Å². The first-order valence-corrected chi connectivity index (χ1v) is 5.99. The van der Waals surface area contributed by atoms with Crippen LogP contribution in [0.5, 0.6) is 0 Å². The smallest absolute Gasteiger partial charge is 0.0799 e. The summed E-state index contributed by atoms with van der Waals surface area (Å²) in [5.74, 6) is 0. The third-order valence-corrected chi connectivity index (χ3v) is 3.21. The van der Waals surface area contributed by atoms with Crippen LogP contribution in [-0.2, 0) is 11.2 Å². The minimum atomic E-state index is -0.132. The minimum Gasteiger partial charge on any atom is -0.373 e. The van der Waals surface area contributed by atoms with Crippen molar-refractivity contribution in [3.8, 4) is 0 Å². The predicted octanol–water partition coefficient (Wildman–Crippen LogP) is 2.16. The Balaban J connectivity index is 2.39. The Morgan fingerprint density at radius 2 is 1.88 bits per heavy atom. The van der Waals surface area contributed by atoms with E-state index in [0.29, 0.717) is 6.54 Å². The topological polar surface area (TPSA) is 48.1 Å². The molecule has 1 aromatic heterocycles. The van der Waals surface area contributed by atoms with E-state index in [1.807, 2.05) is 24.5 Å². The third kappa shape index (κ3) is 3.58.